The highest BCUT2D eigenvalue weighted by Gasteiger charge is 2.22. The lowest BCUT2D eigenvalue weighted by Gasteiger charge is -2.32. The molecular weight excluding hydrogens is 380 g/mol. The molecule has 7 nitrogen and oxygen atoms in total. The number of guanidine groups is 1. The maximum Gasteiger partial charge on any atom is 0.241 e. The van der Waals surface area contributed by atoms with E-state index in [0.29, 0.717) is 13.1 Å². The minimum atomic E-state index is 0.00577. The smallest absolute Gasteiger partial charge is 0.241 e. The van der Waals surface area contributed by atoms with Gasteiger partial charge in [0.1, 0.15) is 0 Å². The summed E-state index contributed by atoms with van der Waals surface area (Å²) in [7, 11) is 6.80. The van der Waals surface area contributed by atoms with Crippen molar-refractivity contribution in [3.63, 3.8) is 0 Å². The number of nitrogens with zero attached hydrogens (tertiary/aromatic N) is 3. The Labute approximate surface area is 178 Å². The number of ether oxygens (including phenoxy) is 2. The zero-order valence-electron chi connectivity index (χ0n) is 18.1. The van der Waals surface area contributed by atoms with Crippen molar-refractivity contribution < 1.29 is 14.3 Å². The van der Waals surface area contributed by atoms with Gasteiger partial charge < -0.3 is 24.6 Å². The number of hydrogen-bond donors (Lipinski definition) is 1. The van der Waals surface area contributed by atoms with Gasteiger partial charge in [0, 0.05) is 27.2 Å². The highest BCUT2D eigenvalue weighted by molar-refractivity contribution is 5.86. The van der Waals surface area contributed by atoms with Gasteiger partial charge in [-0.1, -0.05) is 30.3 Å². The van der Waals surface area contributed by atoms with Crippen LogP contribution in [0, 0.1) is 0 Å². The van der Waals surface area contributed by atoms with Crippen molar-refractivity contribution in [2.24, 2.45) is 4.99 Å². The van der Waals surface area contributed by atoms with E-state index in [1.165, 1.54) is 11.1 Å². The fraction of sp³-hybridized carbons (Fsp3) is 0.391. The van der Waals surface area contributed by atoms with Crippen LogP contribution in [0.2, 0.25) is 0 Å². The van der Waals surface area contributed by atoms with E-state index in [2.05, 4.69) is 28.4 Å². The third-order valence-electron chi connectivity index (χ3n) is 5.17. The molecule has 2 aromatic carbocycles. The fourth-order valence-electron chi connectivity index (χ4n) is 3.39. The normalized spacial score (nSPS) is 13.5. The number of hydrogen-bond acceptors (Lipinski definition) is 4. The molecular formula is C23H30N4O3. The number of carbonyl (C=O) groups is 1. The second-order valence-electron chi connectivity index (χ2n) is 7.41. The maximum absolute atomic E-state index is 12.1. The predicted molar refractivity (Wildman–Crippen MR) is 118 cm³/mol. The molecule has 3 rings (SSSR count). The van der Waals surface area contributed by atoms with Crippen molar-refractivity contribution in [1.82, 2.24) is 15.1 Å². The fourth-order valence-corrected chi connectivity index (χ4v) is 3.39. The summed E-state index contributed by atoms with van der Waals surface area (Å²) in [5, 5.41) is 3.25. The molecule has 0 atom stereocenters. The Morgan fingerprint density at radius 3 is 2.40 bits per heavy atom. The van der Waals surface area contributed by atoms with Crippen molar-refractivity contribution in [2.75, 3.05) is 41.4 Å². The van der Waals surface area contributed by atoms with Gasteiger partial charge in [0.15, 0.2) is 17.5 Å². The van der Waals surface area contributed by atoms with Crippen LogP contribution in [0.15, 0.2) is 47.5 Å². The van der Waals surface area contributed by atoms with Gasteiger partial charge >= 0.3 is 0 Å². The van der Waals surface area contributed by atoms with Gasteiger partial charge in [-0.2, -0.15) is 0 Å². The number of nitrogens with one attached hydrogen (secondary N) is 1. The number of amides is 1. The van der Waals surface area contributed by atoms with Gasteiger partial charge in [0.05, 0.1) is 27.3 Å². The largest absolute Gasteiger partial charge is 0.493 e. The van der Waals surface area contributed by atoms with E-state index < -0.39 is 0 Å². The molecule has 0 aliphatic carbocycles. The predicted octanol–water partition coefficient (Wildman–Crippen LogP) is 2.30. The van der Waals surface area contributed by atoms with Crippen LogP contribution in [0.3, 0.4) is 0 Å². The van der Waals surface area contributed by atoms with Crippen molar-refractivity contribution >= 4 is 11.9 Å². The summed E-state index contributed by atoms with van der Waals surface area (Å²) >= 11 is 0. The summed E-state index contributed by atoms with van der Waals surface area (Å²) in [6, 6.07) is 14.2. The van der Waals surface area contributed by atoms with Crippen LogP contribution >= 0.6 is 0 Å². The highest BCUT2D eigenvalue weighted by Crippen LogP contribution is 2.33. The van der Waals surface area contributed by atoms with Crippen LogP contribution in [0.25, 0.3) is 0 Å². The third kappa shape index (κ3) is 5.23. The molecule has 0 saturated carbocycles. The molecule has 1 amide bonds. The van der Waals surface area contributed by atoms with Crippen molar-refractivity contribution in [3.8, 4) is 11.5 Å². The lowest BCUT2D eigenvalue weighted by molar-refractivity contribution is -0.127. The first kappa shape index (κ1) is 21.5. The maximum atomic E-state index is 12.1. The van der Waals surface area contributed by atoms with Gasteiger partial charge in [0.2, 0.25) is 5.91 Å². The summed E-state index contributed by atoms with van der Waals surface area (Å²) in [5.74, 6) is 2.20. The second kappa shape index (κ2) is 10.0. The Balaban J connectivity index is 1.81. The number of aliphatic imine (C=N–C) groups is 1. The summed E-state index contributed by atoms with van der Waals surface area (Å²) in [6.45, 7) is 2.25. The lowest BCUT2D eigenvalue weighted by Crippen LogP contribution is -2.47. The SMILES string of the molecule is COc1cc2c(cc1OC)CN(C(=NCc1ccccc1)NCC(=O)N(C)C)CC2. The Hall–Kier alpha value is -3.22. The number of methoxy groups -OCH3 is 2. The van der Waals surface area contributed by atoms with Crippen molar-refractivity contribution in [3.05, 3.63) is 59.2 Å². The monoisotopic (exact) mass is 410 g/mol. The van der Waals surface area contributed by atoms with Crippen molar-refractivity contribution in [2.45, 2.75) is 19.5 Å². The molecule has 1 aliphatic heterocycles. The number of benzene rings is 2. The first-order valence-corrected chi connectivity index (χ1v) is 10.0. The van der Waals surface area contributed by atoms with E-state index in [0.717, 1.165) is 36.0 Å². The van der Waals surface area contributed by atoms with Gasteiger partial charge in [-0.15, -0.1) is 0 Å². The van der Waals surface area contributed by atoms with E-state index in [-0.39, 0.29) is 12.5 Å². The second-order valence-corrected chi connectivity index (χ2v) is 7.41. The quantitative estimate of drug-likeness (QED) is 0.585. The van der Waals surface area contributed by atoms with Crippen molar-refractivity contribution in [1.29, 1.82) is 0 Å². The zero-order valence-corrected chi connectivity index (χ0v) is 18.1. The summed E-state index contributed by atoms with van der Waals surface area (Å²) in [6.07, 6.45) is 0.864. The van der Waals surface area contributed by atoms with Crippen LogP contribution in [0.4, 0.5) is 0 Å². The van der Waals surface area contributed by atoms with E-state index in [4.69, 9.17) is 14.5 Å². The van der Waals surface area contributed by atoms with E-state index in [1.807, 2.05) is 24.3 Å². The molecule has 0 saturated heterocycles. The first-order valence-electron chi connectivity index (χ1n) is 10.0. The Bertz CT molecular complexity index is 897. The number of rotatable bonds is 6. The summed E-state index contributed by atoms with van der Waals surface area (Å²) < 4.78 is 10.9. The number of carbonyl (C=O) groups excluding carboxylic acids is 1. The third-order valence-corrected chi connectivity index (χ3v) is 5.17. The van der Waals surface area contributed by atoms with Crippen LogP contribution in [0.5, 0.6) is 11.5 Å². The minimum absolute atomic E-state index is 0.00577. The summed E-state index contributed by atoms with van der Waals surface area (Å²) in [4.78, 5) is 20.7. The topological polar surface area (TPSA) is 66.4 Å². The van der Waals surface area contributed by atoms with Gasteiger partial charge in [-0.25, -0.2) is 4.99 Å². The molecule has 2 aromatic rings. The molecule has 30 heavy (non-hydrogen) atoms. The Morgan fingerprint density at radius 1 is 1.10 bits per heavy atom. The van der Waals surface area contributed by atoms with Crippen LogP contribution in [0.1, 0.15) is 16.7 Å². The standard InChI is InChI=1S/C23H30N4O3/c1-26(2)22(28)15-25-23(24-14-17-8-6-5-7-9-17)27-11-10-18-12-20(29-3)21(30-4)13-19(18)16-27/h5-9,12-13H,10-11,14-16H2,1-4H3,(H,24,25). The highest BCUT2D eigenvalue weighted by atomic mass is 16.5. The van der Waals surface area contributed by atoms with E-state index in [1.54, 1.807) is 33.2 Å². The lowest BCUT2D eigenvalue weighted by atomic mass is 9.99. The van der Waals surface area contributed by atoms with Crippen LogP contribution < -0.4 is 14.8 Å². The van der Waals surface area contributed by atoms with Crippen LogP contribution in [-0.4, -0.2) is 63.1 Å². The molecule has 1 aliphatic rings. The molecule has 0 unspecified atom stereocenters. The van der Waals surface area contributed by atoms with Gasteiger partial charge in [0.25, 0.3) is 0 Å². The molecule has 1 heterocycles. The molecule has 0 aromatic heterocycles. The summed E-state index contributed by atoms with van der Waals surface area (Å²) in [5.41, 5.74) is 3.54. The molecule has 0 radical (unpaired) electrons. The Morgan fingerprint density at radius 2 is 1.77 bits per heavy atom. The Kier molecular flexibility index (Phi) is 7.17. The molecule has 0 bridgehead atoms. The number of fused-ring (bicyclic) bond motifs is 1. The first-order chi connectivity index (χ1) is 14.5. The average molecular weight is 411 g/mol. The molecule has 1 N–H and O–H groups in total. The molecule has 0 fully saturated rings. The van der Waals surface area contributed by atoms with Gasteiger partial charge in [-0.3, -0.25) is 4.79 Å². The van der Waals surface area contributed by atoms with E-state index >= 15 is 0 Å². The number of likely N-dealkylation sites (N-methyl/N-ethyl adjacent to an activating group) is 1. The minimum Gasteiger partial charge on any atom is -0.493 e. The van der Waals surface area contributed by atoms with E-state index in [9.17, 15) is 4.79 Å². The molecule has 0 spiro atoms. The van der Waals surface area contributed by atoms with Gasteiger partial charge in [-0.05, 0) is 35.2 Å². The average Bonchev–Trinajstić information content (AvgIpc) is 2.78. The molecule has 7 heteroatoms. The van der Waals surface area contributed by atoms with Crippen LogP contribution in [-0.2, 0) is 24.3 Å². The zero-order chi connectivity index (χ0) is 21.5. The molecule has 160 valence electrons.